The maximum absolute atomic E-state index is 12.9. The second kappa shape index (κ2) is 8.02. The summed E-state index contributed by atoms with van der Waals surface area (Å²) >= 11 is 0. The van der Waals surface area contributed by atoms with Gasteiger partial charge in [0.15, 0.2) is 0 Å². The van der Waals surface area contributed by atoms with Crippen molar-refractivity contribution in [1.29, 1.82) is 0 Å². The van der Waals surface area contributed by atoms with Crippen LogP contribution in [0.15, 0.2) is 85.2 Å². The average Bonchev–Trinajstić information content (AvgIpc) is 3.08. The number of hydrogen-bond donors (Lipinski definition) is 1. The number of benzene rings is 2. The smallest absolute Gasteiger partial charge is 0.415 e. The Balaban J connectivity index is 1.42. The molecule has 0 aliphatic carbocycles. The number of pyridine rings is 2. The second-order valence-corrected chi connectivity index (χ2v) is 8.38. The zero-order chi connectivity index (χ0) is 23.0. The predicted molar refractivity (Wildman–Crippen MR) is 126 cm³/mol. The fourth-order valence-corrected chi connectivity index (χ4v) is 4.20. The van der Waals surface area contributed by atoms with E-state index < -0.39 is 17.7 Å². The van der Waals surface area contributed by atoms with Crippen molar-refractivity contribution in [1.82, 2.24) is 9.97 Å². The van der Waals surface area contributed by atoms with E-state index in [-0.39, 0.29) is 5.91 Å². The van der Waals surface area contributed by atoms with Crippen LogP contribution in [-0.2, 0) is 4.74 Å². The van der Waals surface area contributed by atoms with E-state index in [1.54, 1.807) is 41.6 Å². The van der Waals surface area contributed by atoms with E-state index in [4.69, 9.17) is 4.74 Å². The number of amides is 2. The molecule has 2 aromatic carbocycles. The fourth-order valence-electron chi connectivity index (χ4n) is 4.20. The number of rotatable bonds is 4. The molecule has 1 aliphatic heterocycles. The third-order valence-electron chi connectivity index (χ3n) is 5.72. The Morgan fingerprint density at radius 3 is 2.45 bits per heavy atom. The van der Waals surface area contributed by atoms with Gasteiger partial charge in [0.1, 0.15) is 11.6 Å². The van der Waals surface area contributed by atoms with E-state index in [0.29, 0.717) is 16.9 Å². The van der Waals surface area contributed by atoms with E-state index >= 15 is 0 Å². The van der Waals surface area contributed by atoms with Crippen molar-refractivity contribution in [3.63, 3.8) is 0 Å². The SMILES string of the molecule is CC1(C)OC(=O)N(c2ccc(C(=O)Nc3cccc4cccnc34)cc2)[C@@H]1c1ccccn1. The number of nitrogens with zero attached hydrogens (tertiary/aromatic N) is 3. The Morgan fingerprint density at radius 2 is 1.70 bits per heavy atom. The van der Waals surface area contributed by atoms with Gasteiger partial charge in [-0.05, 0) is 62.4 Å². The summed E-state index contributed by atoms with van der Waals surface area (Å²) in [5.41, 5.74) is 2.44. The van der Waals surface area contributed by atoms with Gasteiger partial charge in [-0.25, -0.2) is 4.79 Å². The van der Waals surface area contributed by atoms with Gasteiger partial charge < -0.3 is 10.1 Å². The van der Waals surface area contributed by atoms with Crippen molar-refractivity contribution < 1.29 is 14.3 Å². The Kier molecular flexibility index (Phi) is 5.01. The molecular weight excluding hydrogens is 416 g/mol. The first-order valence-electron chi connectivity index (χ1n) is 10.6. The number of aromatic nitrogens is 2. The molecule has 0 bridgehead atoms. The molecule has 5 rings (SSSR count). The van der Waals surface area contributed by atoms with Crippen molar-refractivity contribution in [2.24, 2.45) is 0 Å². The van der Waals surface area contributed by atoms with Gasteiger partial charge in [0.25, 0.3) is 5.91 Å². The summed E-state index contributed by atoms with van der Waals surface area (Å²) in [6.45, 7) is 3.73. The molecule has 0 saturated carbocycles. The molecule has 1 fully saturated rings. The molecule has 7 heteroatoms. The molecule has 0 radical (unpaired) electrons. The minimum absolute atomic E-state index is 0.259. The van der Waals surface area contributed by atoms with Gasteiger partial charge in [-0.2, -0.15) is 0 Å². The Bertz CT molecular complexity index is 1330. The van der Waals surface area contributed by atoms with Gasteiger partial charge in [-0.1, -0.05) is 24.3 Å². The molecule has 3 heterocycles. The van der Waals surface area contributed by atoms with Gasteiger partial charge >= 0.3 is 6.09 Å². The number of hydrogen-bond acceptors (Lipinski definition) is 5. The molecule has 1 aliphatic rings. The molecule has 1 N–H and O–H groups in total. The molecule has 0 spiro atoms. The summed E-state index contributed by atoms with van der Waals surface area (Å²) in [6, 6.07) is 21.5. The van der Waals surface area contributed by atoms with E-state index in [1.165, 1.54) is 0 Å². The summed E-state index contributed by atoms with van der Waals surface area (Å²) in [7, 11) is 0. The molecule has 0 unspecified atom stereocenters. The quantitative estimate of drug-likeness (QED) is 0.464. The molecule has 164 valence electrons. The van der Waals surface area contributed by atoms with Crippen LogP contribution in [0.3, 0.4) is 0 Å². The number of cyclic esters (lactones) is 1. The van der Waals surface area contributed by atoms with Crippen molar-refractivity contribution in [2.75, 3.05) is 10.2 Å². The Labute approximate surface area is 191 Å². The van der Waals surface area contributed by atoms with Crippen molar-refractivity contribution in [3.05, 3.63) is 96.4 Å². The average molecular weight is 438 g/mol. The van der Waals surface area contributed by atoms with E-state index in [9.17, 15) is 9.59 Å². The van der Waals surface area contributed by atoms with Crippen molar-refractivity contribution >= 4 is 34.3 Å². The number of nitrogens with one attached hydrogen (secondary N) is 1. The molecule has 2 amide bonds. The molecule has 7 nitrogen and oxygen atoms in total. The molecule has 1 atom stereocenters. The summed E-state index contributed by atoms with van der Waals surface area (Å²) in [6.07, 6.45) is 2.94. The van der Waals surface area contributed by atoms with E-state index in [2.05, 4.69) is 15.3 Å². The summed E-state index contributed by atoms with van der Waals surface area (Å²) in [4.78, 5) is 36.0. The van der Waals surface area contributed by atoms with Crippen LogP contribution in [0.4, 0.5) is 16.2 Å². The Hall–Kier alpha value is -4.26. The van der Waals surface area contributed by atoms with Crippen LogP contribution in [-0.4, -0.2) is 27.6 Å². The highest BCUT2D eigenvalue weighted by Crippen LogP contribution is 2.43. The number of anilines is 2. The summed E-state index contributed by atoms with van der Waals surface area (Å²) < 4.78 is 5.64. The van der Waals surface area contributed by atoms with E-state index in [0.717, 1.165) is 16.6 Å². The first-order valence-corrected chi connectivity index (χ1v) is 10.6. The summed E-state index contributed by atoms with van der Waals surface area (Å²) in [5.74, 6) is -0.259. The molecule has 33 heavy (non-hydrogen) atoms. The standard InChI is InChI=1S/C26H22N4O3/c1-26(2)23(21-9-3-4-15-27-21)30(25(32)33-26)19-13-11-18(12-14-19)24(31)29-20-10-5-7-17-8-6-16-28-22(17)20/h3-16,23H,1-2H3,(H,29,31)/t23-/m1/s1. The normalized spacial score (nSPS) is 17.1. The molecule has 2 aromatic heterocycles. The molecular formula is C26H22N4O3. The minimum atomic E-state index is -0.761. The minimum Gasteiger partial charge on any atom is -0.440 e. The zero-order valence-electron chi connectivity index (χ0n) is 18.2. The highest BCUT2D eigenvalue weighted by molar-refractivity contribution is 6.08. The third kappa shape index (κ3) is 3.78. The van der Waals surface area contributed by atoms with Crippen LogP contribution in [0.5, 0.6) is 0 Å². The lowest BCUT2D eigenvalue weighted by molar-refractivity contribution is 0.0677. The zero-order valence-corrected chi connectivity index (χ0v) is 18.2. The predicted octanol–water partition coefficient (Wildman–Crippen LogP) is 5.36. The van der Waals surface area contributed by atoms with Crippen molar-refractivity contribution in [3.8, 4) is 0 Å². The van der Waals surface area contributed by atoms with Crippen LogP contribution >= 0.6 is 0 Å². The maximum Gasteiger partial charge on any atom is 0.415 e. The number of ether oxygens (including phenoxy) is 1. The van der Waals surface area contributed by atoms with E-state index in [1.807, 2.05) is 62.4 Å². The first kappa shape index (κ1) is 20.6. The largest absolute Gasteiger partial charge is 0.440 e. The van der Waals surface area contributed by atoms with Gasteiger partial charge in [0.2, 0.25) is 0 Å². The number of carbonyl (C=O) groups excluding carboxylic acids is 2. The lowest BCUT2D eigenvalue weighted by Crippen LogP contribution is -2.34. The molecule has 4 aromatic rings. The second-order valence-electron chi connectivity index (χ2n) is 8.38. The number of fused-ring (bicyclic) bond motifs is 1. The van der Waals surface area contributed by atoms with Gasteiger partial charge in [-0.15, -0.1) is 0 Å². The lowest BCUT2D eigenvalue weighted by Gasteiger charge is -2.28. The van der Waals surface area contributed by atoms with Crippen LogP contribution in [0.25, 0.3) is 10.9 Å². The first-order chi connectivity index (χ1) is 15.9. The van der Waals surface area contributed by atoms with Crippen LogP contribution in [0.1, 0.15) is 35.9 Å². The van der Waals surface area contributed by atoms with Crippen LogP contribution in [0, 0.1) is 0 Å². The highest BCUT2D eigenvalue weighted by atomic mass is 16.6. The fraction of sp³-hybridized carbons (Fsp3) is 0.154. The third-order valence-corrected chi connectivity index (χ3v) is 5.72. The van der Waals surface area contributed by atoms with Crippen LogP contribution < -0.4 is 10.2 Å². The summed E-state index contributed by atoms with van der Waals surface area (Å²) in [5, 5.41) is 3.88. The van der Waals surface area contributed by atoms with Gasteiger partial charge in [0, 0.05) is 29.0 Å². The number of carbonyl (C=O) groups is 2. The number of para-hydroxylation sites is 1. The Morgan fingerprint density at radius 1 is 0.939 bits per heavy atom. The monoisotopic (exact) mass is 438 g/mol. The highest BCUT2D eigenvalue weighted by Gasteiger charge is 2.50. The van der Waals surface area contributed by atoms with Crippen molar-refractivity contribution in [2.45, 2.75) is 25.5 Å². The van der Waals surface area contributed by atoms with Gasteiger partial charge in [-0.3, -0.25) is 19.7 Å². The molecule has 1 saturated heterocycles. The maximum atomic E-state index is 12.9. The van der Waals surface area contributed by atoms with Crippen LogP contribution in [0.2, 0.25) is 0 Å². The van der Waals surface area contributed by atoms with Gasteiger partial charge in [0.05, 0.1) is 16.9 Å². The lowest BCUT2D eigenvalue weighted by atomic mass is 9.94. The topological polar surface area (TPSA) is 84.4 Å².